The van der Waals surface area contributed by atoms with Gasteiger partial charge in [-0.3, -0.25) is 4.98 Å². The number of hydrogen-bond donors (Lipinski definition) is 0. The molecule has 0 amide bonds. The third-order valence-corrected chi connectivity index (χ3v) is 11.9. The van der Waals surface area contributed by atoms with E-state index in [-0.39, 0.29) is 26.5 Å². The van der Waals surface area contributed by atoms with Gasteiger partial charge in [0, 0.05) is 41.3 Å². The fourth-order valence-corrected chi connectivity index (χ4v) is 8.84. The second-order valence-electron chi connectivity index (χ2n) is 17.9. The van der Waals surface area contributed by atoms with Gasteiger partial charge in [0.2, 0.25) is 0 Å². The summed E-state index contributed by atoms with van der Waals surface area (Å²) >= 11 is 0. The summed E-state index contributed by atoms with van der Waals surface area (Å²) in [5, 5.41) is 2.21. The summed E-state index contributed by atoms with van der Waals surface area (Å²) in [6.45, 7) is 20.1. The van der Waals surface area contributed by atoms with E-state index in [0.717, 1.165) is 55.8 Å². The fourth-order valence-electron chi connectivity index (χ4n) is 8.84. The Bertz CT molecular complexity index is 3040. The number of aryl methyl sites for hydroxylation is 2. The summed E-state index contributed by atoms with van der Waals surface area (Å²) in [5.74, 6) is 3.53. The predicted molar refractivity (Wildman–Crippen MR) is 253 cm³/mol. The molecule has 9 aromatic rings. The van der Waals surface area contributed by atoms with Crippen molar-refractivity contribution >= 4 is 21.8 Å². The van der Waals surface area contributed by atoms with Crippen molar-refractivity contribution in [3.8, 4) is 56.6 Å². The molecule has 0 aliphatic heterocycles. The topological polar surface area (TPSA) is 44.9 Å². The predicted octanol–water partition coefficient (Wildman–Crippen LogP) is 14.9. The van der Waals surface area contributed by atoms with Gasteiger partial charge in [0.25, 0.3) is 0 Å². The molecule has 0 unspecified atom stereocenters. The van der Waals surface area contributed by atoms with E-state index in [2.05, 4.69) is 199 Å². The third kappa shape index (κ3) is 7.95. The van der Waals surface area contributed by atoms with Crippen LogP contribution in [-0.4, -0.2) is 19.1 Å². The zero-order valence-corrected chi connectivity index (χ0v) is 39.2. The van der Waals surface area contributed by atoms with Crippen LogP contribution in [0.1, 0.15) is 88.1 Å². The molecule has 3 heterocycles. The molecule has 0 fully saturated rings. The Balaban J connectivity index is 0.00000529. The van der Waals surface area contributed by atoms with Crippen LogP contribution in [0.3, 0.4) is 0 Å². The van der Waals surface area contributed by atoms with E-state index >= 15 is 0 Å². The number of pyridine rings is 1. The number of benzene rings is 6. The molecule has 312 valence electrons. The van der Waals surface area contributed by atoms with E-state index in [1.807, 2.05) is 24.7 Å². The summed E-state index contributed by atoms with van der Waals surface area (Å²) in [4.78, 5) is 9.92. The molecule has 0 bridgehead atoms. The maximum atomic E-state index is 6.86. The molecule has 0 spiro atoms. The van der Waals surface area contributed by atoms with Gasteiger partial charge in [-0.05, 0) is 111 Å². The molecule has 3 aromatic heterocycles. The van der Waals surface area contributed by atoms with Crippen molar-refractivity contribution in [1.29, 1.82) is 0 Å². The largest absolute Gasteiger partial charge is 2.00 e. The third-order valence-electron chi connectivity index (χ3n) is 11.9. The van der Waals surface area contributed by atoms with Gasteiger partial charge in [-0.1, -0.05) is 138 Å². The summed E-state index contributed by atoms with van der Waals surface area (Å²) in [5.41, 5.74) is 14.8. The van der Waals surface area contributed by atoms with Crippen LogP contribution in [0.25, 0.3) is 67.0 Å². The van der Waals surface area contributed by atoms with Gasteiger partial charge in [-0.15, -0.1) is 29.1 Å². The van der Waals surface area contributed by atoms with Crippen LogP contribution in [0.15, 0.2) is 140 Å². The van der Waals surface area contributed by atoms with E-state index in [1.54, 1.807) is 0 Å². The zero-order valence-electron chi connectivity index (χ0n) is 36.9. The van der Waals surface area contributed by atoms with Crippen LogP contribution in [0.2, 0.25) is 0 Å². The Morgan fingerprint density at radius 3 is 2.05 bits per heavy atom. The molecule has 0 saturated carbocycles. The number of para-hydroxylation sites is 1. The Morgan fingerprint density at radius 1 is 0.613 bits per heavy atom. The first-order valence-corrected chi connectivity index (χ1v) is 21.4. The van der Waals surface area contributed by atoms with Gasteiger partial charge in [0.05, 0.1) is 5.82 Å². The molecule has 6 heteroatoms. The van der Waals surface area contributed by atoms with E-state index in [0.29, 0.717) is 23.3 Å². The molecule has 6 aromatic carbocycles. The van der Waals surface area contributed by atoms with Gasteiger partial charge < -0.3 is 13.9 Å². The molecule has 0 atom stereocenters. The van der Waals surface area contributed by atoms with Crippen LogP contribution in [0.4, 0.5) is 0 Å². The van der Waals surface area contributed by atoms with Gasteiger partial charge in [0.1, 0.15) is 5.82 Å². The van der Waals surface area contributed by atoms with E-state index < -0.39 is 0 Å². The molecule has 62 heavy (non-hydrogen) atoms. The number of ether oxygens (including phenoxy) is 1. The second-order valence-corrected chi connectivity index (χ2v) is 17.9. The fraction of sp³-hybridized carbons (Fsp3) is 0.214. The van der Waals surface area contributed by atoms with E-state index in [1.165, 1.54) is 38.9 Å². The number of imidazole rings is 1. The maximum absolute atomic E-state index is 6.86. The molecule has 0 N–H and O–H groups in total. The summed E-state index contributed by atoms with van der Waals surface area (Å²) < 4.78 is 11.2. The average molecular weight is 992 g/mol. The number of fused-ring (bicyclic) bond motifs is 3. The normalized spacial score (nSPS) is 11.8. The minimum atomic E-state index is 0. The molecule has 0 aliphatic rings. The summed E-state index contributed by atoms with van der Waals surface area (Å²) in [6, 6.07) is 50.5. The van der Waals surface area contributed by atoms with Crippen molar-refractivity contribution in [2.75, 3.05) is 0 Å². The standard InChI is InChI=1S/C56H52N4O.Pt/c1-35(2)46-20-14-21-47(36(3)4)54(46)39-25-26-57-52(32-39)60-50-22-11-10-19-48(50)49-24-23-44(34-51(49)60)61-45-30-40(53-37(5)15-12-16-38(53)6)29-41(31-45)55-58-27-28-59(55)43-18-13-17-42(33-43)56(7,8)9;/h10-30,32-33,35-36H,1-9H3;/q-2;+2. The quantitative estimate of drug-likeness (QED) is 0.135. The van der Waals surface area contributed by atoms with Crippen molar-refractivity contribution in [3.63, 3.8) is 0 Å². The first-order valence-electron chi connectivity index (χ1n) is 21.4. The van der Waals surface area contributed by atoms with Crippen LogP contribution in [0, 0.1) is 26.0 Å². The minimum absolute atomic E-state index is 0. The Morgan fingerprint density at radius 2 is 1.32 bits per heavy atom. The van der Waals surface area contributed by atoms with E-state index in [4.69, 9.17) is 14.7 Å². The smallest absolute Gasteiger partial charge is 0.503 e. The monoisotopic (exact) mass is 991 g/mol. The Kier molecular flexibility index (Phi) is 11.7. The van der Waals surface area contributed by atoms with Crippen molar-refractivity contribution in [1.82, 2.24) is 19.1 Å². The summed E-state index contributed by atoms with van der Waals surface area (Å²) in [6.07, 6.45) is 5.81. The van der Waals surface area contributed by atoms with Crippen molar-refractivity contribution in [3.05, 3.63) is 180 Å². The minimum Gasteiger partial charge on any atom is -0.503 e. The first-order chi connectivity index (χ1) is 29.4. The Labute approximate surface area is 380 Å². The zero-order chi connectivity index (χ0) is 42.6. The van der Waals surface area contributed by atoms with Crippen molar-refractivity contribution in [2.45, 2.75) is 79.6 Å². The van der Waals surface area contributed by atoms with Gasteiger partial charge >= 0.3 is 21.1 Å². The number of hydrogen-bond acceptors (Lipinski definition) is 3. The Hall–Kier alpha value is -6.03. The van der Waals surface area contributed by atoms with Crippen LogP contribution in [-0.2, 0) is 26.5 Å². The van der Waals surface area contributed by atoms with Gasteiger partial charge in [-0.2, -0.15) is 6.07 Å². The number of aromatic nitrogens is 4. The second kappa shape index (κ2) is 17.0. The average Bonchev–Trinajstić information content (AvgIpc) is 3.86. The first kappa shape index (κ1) is 42.7. The number of rotatable bonds is 9. The molecule has 5 nitrogen and oxygen atoms in total. The molecule has 0 radical (unpaired) electrons. The maximum Gasteiger partial charge on any atom is 2.00 e. The van der Waals surface area contributed by atoms with Crippen LogP contribution < -0.4 is 4.74 Å². The molecular formula is C56H52N4OPt. The molecule has 9 rings (SSSR count). The SMILES string of the molecule is Cc1cccc(C)c1-c1cc(Oc2[c-]c3c(cc2)c2ccccc2n3-c2cc(-c3c(C(C)C)cccc3C(C)C)ccn2)[c-]c(-c2nccn2-c2cccc(C(C)(C)C)c2)c1.[Pt+2]. The summed E-state index contributed by atoms with van der Waals surface area (Å²) in [7, 11) is 0. The van der Waals surface area contributed by atoms with E-state index in [9.17, 15) is 0 Å². The molecule has 0 aliphatic carbocycles. The number of nitrogens with zero attached hydrogens (tertiary/aromatic N) is 4. The van der Waals surface area contributed by atoms with Crippen molar-refractivity contribution < 1.29 is 25.8 Å². The van der Waals surface area contributed by atoms with Crippen LogP contribution >= 0.6 is 0 Å². The van der Waals surface area contributed by atoms with Gasteiger partial charge in [-0.25, -0.2) is 4.98 Å². The van der Waals surface area contributed by atoms with Gasteiger partial charge in [0.15, 0.2) is 0 Å². The van der Waals surface area contributed by atoms with Crippen LogP contribution in [0.5, 0.6) is 11.5 Å². The molecule has 0 saturated heterocycles. The van der Waals surface area contributed by atoms with Crippen molar-refractivity contribution in [2.24, 2.45) is 0 Å². The molecular weight excluding hydrogens is 940 g/mol.